The summed E-state index contributed by atoms with van der Waals surface area (Å²) in [6, 6.07) is 3.60. The fourth-order valence-electron chi connectivity index (χ4n) is 1.16. The van der Waals surface area contributed by atoms with Gasteiger partial charge in [-0.2, -0.15) is 12.6 Å². The Morgan fingerprint density at radius 3 is 2.67 bits per heavy atom. The predicted molar refractivity (Wildman–Crippen MR) is 56.6 cm³/mol. The summed E-state index contributed by atoms with van der Waals surface area (Å²) in [5.41, 5.74) is 0.151. The average molecular weight is 230 g/mol. The minimum Gasteiger partial charge on any atom is -0.389 e. The van der Waals surface area contributed by atoms with Crippen LogP contribution in [-0.2, 0) is 0 Å². The Balaban J connectivity index is 3.00. The minimum absolute atomic E-state index is 0.0783. The number of hydrogen-bond donors (Lipinski definition) is 3. The summed E-state index contributed by atoms with van der Waals surface area (Å²) in [5, 5.41) is 18.9. The number of benzene rings is 1. The zero-order valence-electron chi connectivity index (χ0n) is 7.80. The van der Waals surface area contributed by atoms with E-state index in [0.29, 0.717) is 11.8 Å². The van der Waals surface area contributed by atoms with Crippen molar-refractivity contribution in [2.24, 2.45) is 0 Å². The van der Waals surface area contributed by atoms with Gasteiger partial charge in [0.25, 0.3) is 0 Å². The number of aldehydes is 1. The number of aliphatic hydroxyl groups excluding tert-OH is 2. The molecule has 0 saturated heterocycles. The molecule has 5 heteroatoms. The fourth-order valence-corrected chi connectivity index (χ4v) is 1.36. The normalized spacial score (nSPS) is 14.7. The predicted octanol–water partition coefficient (Wildman–Crippen LogP) is 0.962. The molecule has 0 bridgehead atoms. The van der Waals surface area contributed by atoms with Crippen molar-refractivity contribution in [3.8, 4) is 0 Å². The van der Waals surface area contributed by atoms with Crippen LogP contribution in [0, 0.1) is 5.82 Å². The Hall–Kier alpha value is -0.910. The molecule has 0 aliphatic rings. The van der Waals surface area contributed by atoms with Crippen molar-refractivity contribution >= 4 is 18.9 Å². The van der Waals surface area contributed by atoms with Gasteiger partial charge in [0.2, 0.25) is 0 Å². The van der Waals surface area contributed by atoms with Gasteiger partial charge in [0.05, 0.1) is 11.7 Å². The van der Waals surface area contributed by atoms with E-state index in [2.05, 4.69) is 12.6 Å². The molecule has 15 heavy (non-hydrogen) atoms. The first-order valence-electron chi connectivity index (χ1n) is 4.31. The third-order valence-electron chi connectivity index (χ3n) is 2.04. The molecular formula is C10H11FO3S. The van der Waals surface area contributed by atoms with Gasteiger partial charge in [0, 0.05) is 5.75 Å². The van der Waals surface area contributed by atoms with E-state index in [1.54, 1.807) is 0 Å². The molecule has 3 nitrogen and oxygen atoms in total. The summed E-state index contributed by atoms with van der Waals surface area (Å²) in [4.78, 5) is 10.4. The molecule has 0 radical (unpaired) electrons. The first kappa shape index (κ1) is 12.2. The van der Waals surface area contributed by atoms with Crippen LogP contribution in [0.5, 0.6) is 0 Å². The molecule has 1 aromatic carbocycles. The summed E-state index contributed by atoms with van der Waals surface area (Å²) in [7, 11) is 0. The van der Waals surface area contributed by atoms with Gasteiger partial charge in [-0.25, -0.2) is 4.39 Å². The van der Waals surface area contributed by atoms with E-state index >= 15 is 0 Å². The fraction of sp³-hybridized carbons (Fsp3) is 0.300. The highest BCUT2D eigenvalue weighted by molar-refractivity contribution is 7.80. The van der Waals surface area contributed by atoms with Gasteiger partial charge >= 0.3 is 0 Å². The molecule has 0 amide bonds. The number of thiol groups is 1. The second-order valence-electron chi connectivity index (χ2n) is 3.09. The molecule has 0 saturated carbocycles. The highest BCUT2D eigenvalue weighted by Crippen LogP contribution is 2.19. The molecule has 0 fully saturated rings. The lowest BCUT2D eigenvalue weighted by molar-refractivity contribution is 0.0337. The van der Waals surface area contributed by atoms with E-state index in [9.17, 15) is 19.4 Å². The minimum atomic E-state index is -1.16. The first-order valence-corrected chi connectivity index (χ1v) is 4.95. The van der Waals surface area contributed by atoms with Gasteiger partial charge in [-0.15, -0.1) is 0 Å². The van der Waals surface area contributed by atoms with Crippen molar-refractivity contribution in [1.82, 2.24) is 0 Å². The lowest BCUT2D eigenvalue weighted by Gasteiger charge is -2.16. The highest BCUT2D eigenvalue weighted by Gasteiger charge is 2.17. The van der Waals surface area contributed by atoms with Crippen LogP contribution in [0.15, 0.2) is 18.2 Å². The maximum Gasteiger partial charge on any atom is 0.153 e. The molecular weight excluding hydrogens is 219 g/mol. The van der Waals surface area contributed by atoms with Crippen LogP contribution in [0.3, 0.4) is 0 Å². The molecule has 0 aliphatic carbocycles. The van der Waals surface area contributed by atoms with Crippen molar-refractivity contribution in [2.45, 2.75) is 12.2 Å². The molecule has 0 spiro atoms. The summed E-state index contributed by atoms with van der Waals surface area (Å²) in [6.45, 7) is 0. The summed E-state index contributed by atoms with van der Waals surface area (Å²) in [6.07, 6.45) is -1.85. The highest BCUT2D eigenvalue weighted by atomic mass is 32.1. The monoisotopic (exact) mass is 230 g/mol. The van der Waals surface area contributed by atoms with Gasteiger partial charge < -0.3 is 10.2 Å². The maximum atomic E-state index is 12.9. The van der Waals surface area contributed by atoms with Crippen LogP contribution < -0.4 is 0 Å². The first-order chi connectivity index (χ1) is 7.10. The number of carbonyl (C=O) groups is 1. The van der Waals surface area contributed by atoms with E-state index in [1.807, 2.05) is 0 Å². The zero-order valence-corrected chi connectivity index (χ0v) is 8.69. The number of hydrogen-bond acceptors (Lipinski definition) is 4. The van der Waals surface area contributed by atoms with E-state index in [-0.39, 0.29) is 11.3 Å². The van der Waals surface area contributed by atoms with Crippen molar-refractivity contribution in [2.75, 3.05) is 5.75 Å². The Kier molecular flexibility index (Phi) is 4.26. The molecule has 1 rings (SSSR count). The van der Waals surface area contributed by atoms with E-state index < -0.39 is 18.0 Å². The van der Waals surface area contributed by atoms with Crippen LogP contribution >= 0.6 is 12.6 Å². The SMILES string of the molecule is O=Cc1cc(C(O)C(O)CS)ccc1F. The Bertz CT molecular complexity index is 357. The standard InChI is InChI=1S/C10H11FO3S/c11-8-2-1-6(3-7(8)4-12)10(14)9(13)5-15/h1-4,9-10,13-15H,5H2. The average Bonchev–Trinajstić information content (AvgIpc) is 2.27. The second kappa shape index (κ2) is 5.25. The molecule has 0 aromatic heterocycles. The van der Waals surface area contributed by atoms with Crippen LogP contribution in [0.25, 0.3) is 0 Å². The third kappa shape index (κ3) is 2.77. The molecule has 2 N–H and O–H groups in total. The lowest BCUT2D eigenvalue weighted by atomic mass is 10.0. The molecule has 2 atom stereocenters. The van der Waals surface area contributed by atoms with E-state index in [0.717, 1.165) is 6.07 Å². The molecule has 82 valence electrons. The molecule has 1 aromatic rings. The van der Waals surface area contributed by atoms with E-state index in [1.165, 1.54) is 12.1 Å². The quantitative estimate of drug-likeness (QED) is 0.533. The summed E-state index contributed by atoms with van der Waals surface area (Å²) >= 11 is 3.82. The molecule has 2 unspecified atom stereocenters. The van der Waals surface area contributed by atoms with Gasteiger partial charge in [-0.1, -0.05) is 6.07 Å². The van der Waals surface area contributed by atoms with Crippen molar-refractivity contribution in [3.05, 3.63) is 35.1 Å². The Morgan fingerprint density at radius 2 is 2.13 bits per heavy atom. The van der Waals surface area contributed by atoms with Crippen molar-refractivity contribution in [3.63, 3.8) is 0 Å². The van der Waals surface area contributed by atoms with Crippen LogP contribution in [-0.4, -0.2) is 28.4 Å². The second-order valence-corrected chi connectivity index (χ2v) is 3.46. The Labute approximate surface area is 92.0 Å². The van der Waals surface area contributed by atoms with Crippen LogP contribution in [0.1, 0.15) is 22.0 Å². The van der Waals surface area contributed by atoms with Crippen molar-refractivity contribution in [1.29, 1.82) is 0 Å². The third-order valence-corrected chi connectivity index (χ3v) is 2.41. The van der Waals surface area contributed by atoms with Crippen molar-refractivity contribution < 1.29 is 19.4 Å². The number of aliphatic hydroxyl groups is 2. The van der Waals surface area contributed by atoms with Gasteiger partial charge in [-0.05, 0) is 17.7 Å². The largest absolute Gasteiger partial charge is 0.389 e. The summed E-state index contributed by atoms with van der Waals surface area (Å²) < 4.78 is 12.9. The number of carbonyl (C=O) groups excluding carboxylic acids is 1. The van der Waals surface area contributed by atoms with Crippen LogP contribution in [0.4, 0.5) is 4.39 Å². The lowest BCUT2D eigenvalue weighted by Crippen LogP contribution is -2.19. The van der Waals surface area contributed by atoms with E-state index in [4.69, 9.17) is 0 Å². The topological polar surface area (TPSA) is 57.5 Å². The maximum absolute atomic E-state index is 12.9. The smallest absolute Gasteiger partial charge is 0.153 e. The van der Waals surface area contributed by atoms with Gasteiger partial charge in [-0.3, -0.25) is 4.79 Å². The number of rotatable bonds is 4. The molecule has 0 aliphatic heterocycles. The number of halogens is 1. The van der Waals surface area contributed by atoms with Gasteiger partial charge in [0.1, 0.15) is 11.9 Å². The van der Waals surface area contributed by atoms with Crippen LogP contribution in [0.2, 0.25) is 0 Å². The zero-order chi connectivity index (χ0) is 11.4. The van der Waals surface area contributed by atoms with Gasteiger partial charge in [0.15, 0.2) is 6.29 Å². The molecule has 0 heterocycles. The summed E-state index contributed by atoms with van der Waals surface area (Å²) in [5.74, 6) is -0.573. The Morgan fingerprint density at radius 1 is 1.47 bits per heavy atom.